The maximum absolute atomic E-state index is 12.3. The van der Waals surface area contributed by atoms with Gasteiger partial charge in [-0.25, -0.2) is 10.8 Å². The van der Waals surface area contributed by atoms with Gasteiger partial charge in [-0.15, -0.1) is 0 Å². The number of rotatable bonds is 3. The minimum Gasteiger partial charge on any atom is -0.349 e. The molecule has 1 amide bonds. The van der Waals surface area contributed by atoms with E-state index in [2.05, 4.69) is 20.6 Å². The SMILES string of the molecule is NNc1cc(C(=O)NC2CCN3CCCC3C2)cc(Cl)n1. The number of carbonyl (C=O) groups excluding carboxylic acids is 1. The van der Waals surface area contributed by atoms with Crippen molar-refractivity contribution >= 4 is 23.3 Å². The quantitative estimate of drug-likeness (QED) is 0.446. The van der Waals surface area contributed by atoms with Gasteiger partial charge < -0.3 is 15.6 Å². The van der Waals surface area contributed by atoms with E-state index in [1.54, 1.807) is 12.1 Å². The van der Waals surface area contributed by atoms with Crippen molar-refractivity contribution in [1.82, 2.24) is 15.2 Å². The summed E-state index contributed by atoms with van der Waals surface area (Å²) in [5.41, 5.74) is 2.90. The van der Waals surface area contributed by atoms with Gasteiger partial charge in [-0.05, 0) is 44.4 Å². The molecule has 2 aliphatic rings. The Hall–Kier alpha value is -1.37. The summed E-state index contributed by atoms with van der Waals surface area (Å²) in [6.07, 6.45) is 4.56. The van der Waals surface area contributed by atoms with Crippen molar-refractivity contribution in [2.24, 2.45) is 5.84 Å². The molecule has 0 saturated carbocycles. The first-order valence-electron chi connectivity index (χ1n) is 7.35. The van der Waals surface area contributed by atoms with E-state index in [0.29, 0.717) is 17.4 Å². The Morgan fingerprint density at radius 2 is 2.24 bits per heavy atom. The van der Waals surface area contributed by atoms with Gasteiger partial charge in [-0.3, -0.25) is 4.79 Å². The van der Waals surface area contributed by atoms with Crippen molar-refractivity contribution in [2.45, 2.75) is 37.8 Å². The smallest absolute Gasteiger partial charge is 0.251 e. The van der Waals surface area contributed by atoms with Crippen LogP contribution in [-0.2, 0) is 0 Å². The second-order valence-electron chi connectivity index (χ2n) is 5.73. The van der Waals surface area contributed by atoms with Crippen LogP contribution in [-0.4, -0.2) is 41.0 Å². The lowest BCUT2D eigenvalue weighted by molar-refractivity contribution is 0.0896. The molecule has 0 aliphatic carbocycles. The third kappa shape index (κ3) is 3.28. The topological polar surface area (TPSA) is 83.3 Å². The lowest BCUT2D eigenvalue weighted by Crippen LogP contribution is -2.47. The number of halogens is 1. The number of fused-ring (bicyclic) bond motifs is 1. The number of hydrazine groups is 1. The lowest BCUT2D eigenvalue weighted by atomic mass is 9.97. The monoisotopic (exact) mass is 309 g/mol. The van der Waals surface area contributed by atoms with Gasteiger partial charge >= 0.3 is 0 Å². The van der Waals surface area contributed by atoms with Gasteiger partial charge in [-0.2, -0.15) is 0 Å². The zero-order chi connectivity index (χ0) is 14.8. The molecule has 2 saturated heterocycles. The second-order valence-corrected chi connectivity index (χ2v) is 6.12. The summed E-state index contributed by atoms with van der Waals surface area (Å²) in [4.78, 5) is 18.8. The number of hydrogen-bond acceptors (Lipinski definition) is 5. The summed E-state index contributed by atoms with van der Waals surface area (Å²) < 4.78 is 0. The number of anilines is 1. The number of hydrogen-bond donors (Lipinski definition) is 3. The molecular formula is C14H20ClN5O. The minimum atomic E-state index is -0.118. The van der Waals surface area contributed by atoms with Crippen LogP contribution < -0.4 is 16.6 Å². The lowest BCUT2D eigenvalue weighted by Gasteiger charge is -2.35. The second kappa shape index (κ2) is 6.17. The summed E-state index contributed by atoms with van der Waals surface area (Å²) in [7, 11) is 0. The van der Waals surface area contributed by atoms with Crippen molar-refractivity contribution in [3.8, 4) is 0 Å². The predicted octanol–water partition coefficient (Wildman–Crippen LogP) is 1.38. The summed E-state index contributed by atoms with van der Waals surface area (Å²) in [5.74, 6) is 5.59. The molecule has 114 valence electrons. The molecule has 2 atom stereocenters. The van der Waals surface area contributed by atoms with Crippen molar-refractivity contribution in [1.29, 1.82) is 0 Å². The van der Waals surface area contributed by atoms with E-state index >= 15 is 0 Å². The van der Waals surface area contributed by atoms with Crippen molar-refractivity contribution in [3.63, 3.8) is 0 Å². The number of nitrogens with one attached hydrogen (secondary N) is 2. The first-order chi connectivity index (χ1) is 10.2. The van der Waals surface area contributed by atoms with Crippen LogP contribution in [0, 0.1) is 0 Å². The van der Waals surface area contributed by atoms with Crippen LogP contribution in [0.25, 0.3) is 0 Å². The van der Waals surface area contributed by atoms with Crippen molar-refractivity contribution in [2.75, 3.05) is 18.5 Å². The Labute approximate surface area is 129 Å². The number of piperidine rings is 1. The average Bonchev–Trinajstić information content (AvgIpc) is 2.94. The Morgan fingerprint density at radius 3 is 3.05 bits per heavy atom. The molecule has 6 nitrogen and oxygen atoms in total. The van der Waals surface area contributed by atoms with E-state index in [-0.39, 0.29) is 17.1 Å². The van der Waals surface area contributed by atoms with E-state index in [4.69, 9.17) is 17.4 Å². The Bertz CT molecular complexity index is 538. The molecule has 4 N–H and O–H groups in total. The van der Waals surface area contributed by atoms with E-state index in [1.807, 2.05) is 0 Å². The summed E-state index contributed by atoms with van der Waals surface area (Å²) >= 11 is 5.90. The molecule has 3 rings (SSSR count). The molecule has 1 aromatic heterocycles. The average molecular weight is 310 g/mol. The summed E-state index contributed by atoms with van der Waals surface area (Å²) in [6.45, 7) is 2.28. The fourth-order valence-electron chi connectivity index (χ4n) is 3.33. The molecule has 1 aromatic rings. The Balaban J connectivity index is 1.65. The number of aromatic nitrogens is 1. The van der Waals surface area contributed by atoms with Crippen LogP contribution in [0.15, 0.2) is 12.1 Å². The largest absolute Gasteiger partial charge is 0.349 e. The van der Waals surface area contributed by atoms with E-state index < -0.39 is 0 Å². The van der Waals surface area contributed by atoms with Gasteiger partial charge in [0.15, 0.2) is 0 Å². The number of nitrogens with two attached hydrogens (primary N) is 1. The molecule has 0 spiro atoms. The molecule has 7 heteroatoms. The summed E-state index contributed by atoms with van der Waals surface area (Å²) in [6, 6.07) is 4.03. The summed E-state index contributed by atoms with van der Waals surface area (Å²) in [5, 5.41) is 3.36. The third-order valence-corrected chi connectivity index (χ3v) is 4.55. The predicted molar refractivity (Wildman–Crippen MR) is 82.1 cm³/mol. The molecule has 2 aliphatic heterocycles. The first-order valence-corrected chi connectivity index (χ1v) is 7.72. The number of amides is 1. The van der Waals surface area contributed by atoms with Crippen molar-refractivity contribution in [3.05, 3.63) is 22.8 Å². The molecule has 0 aromatic carbocycles. The minimum absolute atomic E-state index is 0.118. The van der Waals surface area contributed by atoms with Crippen LogP contribution >= 0.6 is 11.6 Å². The van der Waals surface area contributed by atoms with Crippen molar-refractivity contribution < 1.29 is 4.79 Å². The number of carbonyl (C=O) groups is 1. The number of pyridine rings is 1. The van der Waals surface area contributed by atoms with E-state index in [1.165, 1.54) is 19.4 Å². The van der Waals surface area contributed by atoms with Gasteiger partial charge in [-0.1, -0.05) is 11.6 Å². The van der Waals surface area contributed by atoms with Crippen LogP contribution in [0.4, 0.5) is 5.82 Å². The standard InChI is InChI=1S/C14H20ClN5O/c15-12-6-9(7-13(18-12)19-16)14(21)17-10-3-5-20-4-1-2-11(20)8-10/h6-7,10-11H,1-5,8,16H2,(H,17,21)(H,18,19). The number of nitrogens with zero attached hydrogens (tertiary/aromatic N) is 2. The molecule has 0 bridgehead atoms. The molecule has 3 heterocycles. The van der Waals surface area contributed by atoms with Crippen LogP contribution in [0.2, 0.25) is 5.15 Å². The van der Waals surface area contributed by atoms with E-state index in [9.17, 15) is 4.79 Å². The molecule has 2 unspecified atom stereocenters. The maximum atomic E-state index is 12.3. The normalized spacial score (nSPS) is 25.4. The highest BCUT2D eigenvalue weighted by Gasteiger charge is 2.32. The molecule has 2 fully saturated rings. The molecular weight excluding hydrogens is 290 g/mol. The Kier molecular flexibility index (Phi) is 4.28. The Morgan fingerprint density at radius 1 is 1.38 bits per heavy atom. The highest BCUT2D eigenvalue weighted by atomic mass is 35.5. The van der Waals surface area contributed by atoms with Gasteiger partial charge in [0.25, 0.3) is 5.91 Å². The van der Waals surface area contributed by atoms with Crippen LogP contribution in [0.5, 0.6) is 0 Å². The van der Waals surface area contributed by atoms with Gasteiger partial charge in [0, 0.05) is 24.2 Å². The first kappa shape index (κ1) is 14.6. The maximum Gasteiger partial charge on any atom is 0.251 e. The van der Waals surface area contributed by atoms with Crippen LogP contribution in [0.1, 0.15) is 36.0 Å². The van der Waals surface area contributed by atoms with E-state index in [0.717, 1.165) is 19.4 Å². The zero-order valence-corrected chi connectivity index (χ0v) is 12.6. The third-order valence-electron chi connectivity index (χ3n) is 4.36. The van der Waals surface area contributed by atoms with Crippen LogP contribution in [0.3, 0.4) is 0 Å². The van der Waals surface area contributed by atoms with Gasteiger partial charge in [0.2, 0.25) is 0 Å². The molecule has 21 heavy (non-hydrogen) atoms. The molecule has 0 radical (unpaired) electrons. The highest BCUT2D eigenvalue weighted by molar-refractivity contribution is 6.29. The fourth-order valence-corrected chi connectivity index (χ4v) is 3.53. The zero-order valence-electron chi connectivity index (χ0n) is 11.8. The number of nitrogen functional groups attached to an aromatic ring is 1. The fraction of sp³-hybridized carbons (Fsp3) is 0.571. The highest BCUT2D eigenvalue weighted by Crippen LogP contribution is 2.27. The van der Waals surface area contributed by atoms with Gasteiger partial charge in [0.05, 0.1) is 0 Å². The van der Waals surface area contributed by atoms with Gasteiger partial charge in [0.1, 0.15) is 11.0 Å².